The quantitative estimate of drug-likeness (QED) is 0.823. The van der Waals surface area contributed by atoms with Crippen molar-refractivity contribution in [1.82, 2.24) is 15.1 Å². The molecule has 3 heterocycles. The second-order valence-corrected chi connectivity index (χ2v) is 8.57. The Morgan fingerprint density at radius 2 is 1.85 bits per heavy atom. The lowest BCUT2D eigenvalue weighted by Gasteiger charge is -2.48. The molecule has 2 fully saturated rings. The summed E-state index contributed by atoms with van der Waals surface area (Å²) in [6, 6.07) is 9.79. The molecule has 5 nitrogen and oxygen atoms in total. The minimum absolute atomic E-state index is 0.339. The van der Waals surface area contributed by atoms with E-state index in [2.05, 4.69) is 33.0 Å². The van der Waals surface area contributed by atoms with Crippen LogP contribution in [0.4, 0.5) is 5.13 Å². The molecule has 2 aliphatic rings. The van der Waals surface area contributed by atoms with Crippen LogP contribution in [0.3, 0.4) is 0 Å². The first-order chi connectivity index (χ1) is 12.7. The summed E-state index contributed by atoms with van der Waals surface area (Å²) in [6.07, 6.45) is 6.46. The van der Waals surface area contributed by atoms with Gasteiger partial charge in [0.15, 0.2) is 0 Å². The lowest BCUT2D eigenvalue weighted by atomic mass is 9.86. The molecule has 26 heavy (non-hydrogen) atoms. The van der Waals surface area contributed by atoms with Crippen LogP contribution >= 0.6 is 11.3 Å². The van der Waals surface area contributed by atoms with Crippen LogP contribution in [0.15, 0.2) is 24.3 Å². The molecule has 136 valence electrons. The first-order valence-corrected chi connectivity index (χ1v) is 10.3. The van der Waals surface area contributed by atoms with Gasteiger partial charge in [-0.15, -0.1) is 10.2 Å². The van der Waals surface area contributed by atoms with Crippen LogP contribution in [-0.2, 0) is 0 Å². The first kappa shape index (κ1) is 17.4. The summed E-state index contributed by atoms with van der Waals surface area (Å²) >= 11 is 1.63. The number of piperidine rings is 2. The van der Waals surface area contributed by atoms with Crippen molar-refractivity contribution >= 4 is 16.5 Å². The predicted octanol–water partition coefficient (Wildman–Crippen LogP) is 3.92. The number of aromatic nitrogens is 2. The highest BCUT2D eigenvalue weighted by molar-refractivity contribution is 7.18. The molecule has 0 aliphatic carbocycles. The van der Waals surface area contributed by atoms with Gasteiger partial charge in [0.2, 0.25) is 5.13 Å². The van der Waals surface area contributed by atoms with Gasteiger partial charge in [-0.3, -0.25) is 4.90 Å². The molecule has 0 bridgehead atoms. The molecule has 0 amide bonds. The lowest BCUT2D eigenvalue weighted by molar-refractivity contribution is 0.0593. The molecule has 0 spiro atoms. The molecule has 0 unspecified atom stereocenters. The van der Waals surface area contributed by atoms with E-state index in [1.165, 1.54) is 45.2 Å². The van der Waals surface area contributed by atoms with Crippen molar-refractivity contribution in [2.45, 2.75) is 44.6 Å². The lowest BCUT2D eigenvalue weighted by Crippen LogP contribution is -2.55. The molecule has 2 saturated heterocycles. The Morgan fingerprint density at radius 1 is 1.08 bits per heavy atom. The number of hydrogen-bond acceptors (Lipinski definition) is 6. The normalized spacial score (nSPS) is 20.7. The second-order valence-electron chi connectivity index (χ2n) is 7.61. The van der Waals surface area contributed by atoms with Crippen LogP contribution in [0, 0.1) is 11.3 Å². The van der Waals surface area contributed by atoms with Gasteiger partial charge in [0.25, 0.3) is 0 Å². The zero-order valence-electron chi connectivity index (χ0n) is 15.3. The maximum Gasteiger partial charge on any atom is 0.208 e. The average Bonchev–Trinajstić information content (AvgIpc) is 3.19. The van der Waals surface area contributed by atoms with Gasteiger partial charge in [-0.1, -0.05) is 29.9 Å². The Kier molecular flexibility index (Phi) is 4.92. The van der Waals surface area contributed by atoms with E-state index in [-0.39, 0.29) is 0 Å². The number of likely N-dealkylation sites (tertiary alicyclic amines) is 1. The molecule has 0 saturated carbocycles. The number of anilines is 1. The molecule has 1 aromatic heterocycles. The van der Waals surface area contributed by atoms with Gasteiger partial charge in [0, 0.05) is 24.2 Å². The van der Waals surface area contributed by atoms with Crippen LogP contribution in [-0.4, -0.2) is 46.8 Å². The monoisotopic (exact) mass is 367 g/mol. The van der Waals surface area contributed by atoms with E-state index < -0.39 is 0 Å². The van der Waals surface area contributed by atoms with Gasteiger partial charge in [-0.25, -0.2) is 0 Å². The second kappa shape index (κ2) is 7.34. The van der Waals surface area contributed by atoms with Crippen molar-refractivity contribution in [1.29, 1.82) is 5.26 Å². The fourth-order valence-electron chi connectivity index (χ4n) is 4.11. The fraction of sp³-hybridized carbons (Fsp3) is 0.550. The topological polar surface area (TPSA) is 56.1 Å². The van der Waals surface area contributed by atoms with Crippen LogP contribution in [0.1, 0.15) is 44.6 Å². The molecule has 4 rings (SSSR count). The highest BCUT2D eigenvalue weighted by Crippen LogP contribution is 2.35. The summed E-state index contributed by atoms with van der Waals surface area (Å²) in [7, 11) is 0. The summed E-state index contributed by atoms with van der Waals surface area (Å²) in [5.41, 5.74) is 1.98. The van der Waals surface area contributed by atoms with E-state index in [0.29, 0.717) is 11.1 Å². The van der Waals surface area contributed by atoms with Crippen molar-refractivity contribution in [3.05, 3.63) is 29.8 Å². The Labute approximate surface area is 159 Å². The first-order valence-electron chi connectivity index (χ1n) is 9.52. The Hall–Kier alpha value is -1.97. The Balaban J connectivity index is 1.44. The SMILES string of the molecule is CC1(N2CCCCC2)CCN(c2nnc(-c3cccc(C#N)c3)s2)CC1. The highest BCUT2D eigenvalue weighted by Gasteiger charge is 2.36. The zero-order chi connectivity index (χ0) is 18.0. The van der Waals surface area contributed by atoms with E-state index in [4.69, 9.17) is 5.26 Å². The minimum Gasteiger partial charge on any atom is -0.347 e. The van der Waals surface area contributed by atoms with Crippen molar-refractivity contribution in [3.8, 4) is 16.6 Å². The molecule has 2 aromatic rings. The summed E-state index contributed by atoms with van der Waals surface area (Å²) in [5, 5.41) is 19.8. The summed E-state index contributed by atoms with van der Waals surface area (Å²) < 4.78 is 0. The Morgan fingerprint density at radius 3 is 2.58 bits per heavy atom. The van der Waals surface area contributed by atoms with Gasteiger partial charge in [0.05, 0.1) is 11.6 Å². The molecule has 0 N–H and O–H groups in total. The standard InChI is InChI=1S/C20H25N5S/c1-20(25-10-3-2-4-11-25)8-12-24(13-9-20)19-23-22-18(26-19)17-7-5-6-16(14-17)15-21/h5-7,14H,2-4,8-13H2,1H3. The molecule has 6 heteroatoms. The van der Waals surface area contributed by atoms with Crippen LogP contribution < -0.4 is 4.90 Å². The number of hydrogen-bond donors (Lipinski definition) is 0. The highest BCUT2D eigenvalue weighted by atomic mass is 32.1. The number of nitrogens with zero attached hydrogens (tertiary/aromatic N) is 5. The Bertz CT molecular complexity index is 795. The van der Waals surface area contributed by atoms with Gasteiger partial charge >= 0.3 is 0 Å². The van der Waals surface area contributed by atoms with Crippen LogP contribution in [0.5, 0.6) is 0 Å². The van der Waals surface area contributed by atoms with Gasteiger partial charge in [-0.05, 0) is 57.8 Å². The van der Waals surface area contributed by atoms with E-state index in [0.717, 1.165) is 28.8 Å². The van der Waals surface area contributed by atoms with E-state index in [1.54, 1.807) is 11.3 Å². The van der Waals surface area contributed by atoms with Crippen molar-refractivity contribution in [2.24, 2.45) is 0 Å². The number of nitriles is 1. The van der Waals surface area contributed by atoms with Gasteiger partial charge in [-0.2, -0.15) is 5.26 Å². The van der Waals surface area contributed by atoms with E-state index >= 15 is 0 Å². The summed E-state index contributed by atoms with van der Waals surface area (Å²) in [4.78, 5) is 5.09. The van der Waals surface area contributed by atoms with Crippen LogP contribution in [0.25, 0.3) is 10.6 Å². The number of benzene rings is 1. The smallest absolute Gasteiger partial charge is 0.208 e. The van der Waals surface area contributed by atoms with Crippen LogP contribution in [0.2, 0.25) is 0 Å². The molecular formula is C20H25N5S. The van der Waals surface area contributed by atoms with Gasteiger partial charge in [0.1, 0.15) is 5.01 Å². The van der Waals surface area contributed by atoms with E-state index in [9.17, 15) is 0 Å². The number of rotatable bonds is 3. The molecule has 2 aliphatic heterocycles. The van der Waals surface area contributed by atoms with E-state index in [1.807, 2.05) is 24.3 Å². The fourth-order valence-corrected chi connectivity index (χ4v) is 5.00. The molecule has 0 atom stereocenters. The third kappa shape index (κ3) is 3.46. The van der Waals surface area contributed by atoms with Crippen molar-refractivity contribution in [2.75, 3.05) is 31.1 Å². The summed E-state index contributed by atoms with van der Waals surface area (Å²) in [6.45, 7) is 7.04. The van der Waals surface area contributed by atoms with Crippen molar-refractivity contribution in [3.63, 3.8) is 0 Å². The maximum atomic E-state index is 9.08. The third-order valence-corrected chi connectivity index (χ3v) is 6.92. The average molecular weight is 368 g/mol. The van der Waals surface area contributed by atoms with Gasteiger partial charge < -0.3 is 4.90 Å². The summed E-state index contributed by atoms with van der Waals surface area (Å²) in [5.74, 6) is 0. The maximum absolute atomic E-state index is 9.08. The molecule has 1 aromatic carbocycles. The predicted molar refractivity (Wildman–Crippen MR) is 105 cm³/mol. The molecule has 0 radical (unpaired) electrons. The third-order valence-electron chi connectivity index (χ3n) is 5.88. The van der Waals surface area contributed by atoms with Crippen molar-refractivity contribution < 1.29 is 0 Å². The molecular weight excluding hydrogens is 342 g/mol. The minimum atomic E-state index is 0.339. The zero-order valence-corrected chi connectivity index (χ0v) is 16.1. The largest absolute Gasteiger partial charge is 0.347 e.